The third-order valence-electron chi connectivity index (χ3n) is 2.50. The maximum Gasteiger partial charge on any atom is 0.250 e. The standard InChI is InChI=1S/C12H10N4O/c17-12-5-6-13-10(16-12)7-11-14-8-3-1-2-4-9(8)15-11/h1-6H,7H2,(H,14,15)(H,13,16,17). The van der Waals surface area contributed by atoms with Crippen LogP contribution < -0.4 is 5.56 Å². The van der Waals surface area contributed by atoms with E-state index in [9.17, 15) is 4.79 Å². The third kappa shape index (κ3) is 1.94. The maximum absolute atomic E-state index is 11.1. The van der Waals surface area contributed by atoms with Crippen molar-refractivity contribution in [3.05, 3.63) is 58.5 Å². The predicted octanol–water partition coefficient (Wildman–Crippen LogP) is 1.24. The molecule has 0 aliphatic carbocycles. The lowest BCUT2D eigenvalue weighted by molar-refractivity contribution is 0.902. The van der Waals surface area contributed by atoms with Gasteiger partial charge < -0.3 is 9.97 Å². The number of aromatic nitrogens is 4. The number of benzene rings is 1. The minimum absolute atomic E-state index is 0.147. The summed E-state index contributed by atoms with van der Waals surface area (Å²) in [4.78, 5) is 25.5. The number of hydrogen-bond acceptors (Lipinski definition) is 3. The summed E-state index contributed by atoms with van der Waals surface area (Å²) in [5.41, 5.74) is 1.76. The van der Waals surface area contributed by atoms with Crippen molar-refractivity contribution in [1.29, 1.82) is 0 Å². The number of imidazole rings is 1. The topological polar surface area (TPSA) is 74.4 Å². The van der Waals surface area contributed by atoms with Crippen LogP contribution in [0, 0.1) is 0 Å². The van der Waals surface area contributed by atoms with Gasteiger partial charge in [0.15, 0.2) is 0 Å². The zero-order valence-electron chi connectivity index (χ0n) is 8.97. The summed E-state index contributed by atoms with van der Waals surface area (Å²) in [6.07, 6.45) is 1.99. The molecule has 0 bridgehead atoms. The second-order valence-electron chi connectivity index (χ2n) is 3.76. The first kappa shape index (κ1) is 9.77. The molecule has 84 valence electrons. The lowest BCUT2D eigenvalue weighted by atomic mass is 10.3. The highest BCUT2D eigenvalue weighted by molar-refractivity contribution is 5.74. The Labute approximate surface area is 96.6 Å². The van der Waals surface area contributed by atoms with Gasteiger partial charge in [-0.25, -0.2) is 9.97 Å². The van der Waals surface area contributed by atoms with Gasteiger partial charge in [0, 0.05) is 12.3 Å². The molecular formula is C12H10N4O. The Morgan fingerprint density at radius 2 is 1.94 bits per heavy atom. The fourth-order valence-electron chi connectivity index (χ4n) is 1.75. The molecule has 2 aromatic heterocycles. The number of H-pyrrole nitrogens is 2. The van der Waals surface area contributed by atoms with E-state index in [4.69, 9.17) is 0 Å². The monoisotopic (exact) mass is 226 g/mol. The number of nitrogens with one attached hydrogen (secondary N) is 2. The zero-order chi connectivity index (χ0) is 11.7. The van der Waals surface area contributed by atoms with Crippen molar-refractivity contribution < 1.29 is 0 Å². The van der Waals surface area contributed by atoms with Crippen LogP contribution in [0.5, 0.6) is 0 Å². The van der Waals surface area contributed by atoms with Gasteiger partial charge in [0.05, 0.1) is 17.5 Å². The van der Waals surface area contributed by atoms with E-state index in [0.29, 0.717) is 12.2 Å². The number of rotatable bonds is 2. The Morgan fingerprint density at radius 1 is 1.06 bits per heavy atom. The van der Waals surface area contributed by atoms with Crippen LogP contribution in [0.1, 0.15) is 11.6 Å². The van der Waals surface area contributed by atoms with E-state index < -0.39 is 0 Å². The summed E-state index contributed by atoms with van der Waals surface area (Å²) in [6, 6.07) is 9.19. The molecule has 3 rings (SSSR count). The fourth-order valence-corrected chi connectivity index (χ4v) is 1.75. The molecular weight excluding hydrogens is 216 g/mol. The first-order chi connectivity index (χ1) is 8.31. The van der Waals surface area contributed by atoms with Gasteiger partial charge in [-0.05, 0) is 12.1 Å². The van der Waals surface area contributed by atoms with Crippen LogP contribution >= 0.6 is 0 Å². The molecule has 0 amide bonds. The lowest BCUT2D eigenvalue weighted by Crippen LogP contribution is -2.09. The summed E-state index contributed by atoms with van der Waals surface area (Å²) in [5, 5.41) is 0. The molecule has 3 aromatic rings. The molecule has 17 heavy (non-hydrogen) atoms. The molecule has 0 aliphatic rings. The van der Waals surface area contributed by atoms with Gasteiger partial charge in [-0.1, -0.05) is 12.1 Å². The van der Waals surface area contributed by atoms with Crippen LogP contribution in [0.25, 0.3) is 11.0 Å². The first-order valence-corrected chi connectivity index (χ1v) is 5.29. The largest absolute Gasteiger partial charge is 0.342 e. The second kappa shape index (κ2) is 3.86. The van der Waals surface area contributed by atoms with Crippen LogP contribution in [-0.2, 0) is 6.42 Å². The van der Waals surface area contributed by atoms with Gasteiger partial charge in [-0.15, -0.1) is 0 Å². The van der Waals surface area contributed by atoms with E-state index in [-0.39, 0.29) is 5.56 Å². The van der Waals surface area contributed by atoms with Crippen molar-refractivity contribution in [3.8, 4) is 0 Å². The van der Waals surface area contributed by atoms with Gasteiger partial charge in [0.2, 0.25) is 0 Å². The highest BCUT2D eigenvalue weighted by Crippen LogP contribution is 2.11. The summed E-state index contributed by atoms with van der Waals surface area (Å²) in [6.45, 7) is 0. The molecule has 5 heteroatoms. The lowest BCUT2D eigenvalue weighted by Gasteiger charge is -1.95. The molecule has 0 atom stereocenters. The molecule has 1 aromatic carbocycles. The molecule has 2 heterocycles. The van der Waals surface area contributed by atoms with Crippen LogP contribution in [-0.4, -0.2) is 19.9 Å². The van der Waals surface area contributed by atoms with Crippen LogP contribution in [0.15, 0.2) is 41.3 Å². The minimum Gasteiger partial charge on any atom is -0.342 e. The van der Waals surface area contributed by atoms with E-state index in [1.54, 1.807) is 0 Å². The molecule has 2 N–H and O–H groups in total. The van der Waals surface area contributed by atoms with Gasteiger partial charge >= 0.3 is 0 Å². The maximum atomic E-state index is 11.1. The summed E-state index contributed by atoms with van der Waals surface area (Å²) in [5.74, 6) is 1.40. The third-order valence-corrected chi connectivity index (χ3v) is 2.50. The number of nitrogens with zero attached hydrogens (tertiary/aromatic N) is 2. The summed E-state index contributed by atoms with van der Waals surface area (Å²) in [7, 11) is 0. The zero-order valence-corrected chi connectivity index (χ0v) is 8.97. The molecule has 0 aliphatic heterocycles. The van der Waals surface area contributed by atoms with Crippen molar-refractivity contribution in [1.82, 2.24) is 19.9 Å². The summed E-state index contributed by atoms with van der Waals surface area (Å²) >= 11 is 0. The Balaban J connectivity index is 1.97. The number of aromatic amines is 2. The normalized spacial score (nSPS) is 10.8. The molecule has 0 fully saturated rings. The number of fused-ring (bicyclic) bond motifs is 1. The quantitative estimate of drug-likeness (QED) is 0.690. The molecule has 0 saturated heterocycles. The Bertz CT molecular complexity index is 680. The Hall–Kier alpha value is -2.43. The highest BCUT2D eigenvalue weighted by atomic mass is 16.1. The smallest absolute Gasteiger partial charge is 0.250 e. The van der Waals surface area contributed by atoms with E-state index in [2.05, 4.69) is 19.9 Å². The van der Waals surface area contributed by atoms with Crippen LogP contribution in [0.2, 0.25) is 0 Å². The van der Waals surface area contributed by atoms with E-state index in [1.165, 1.54) is 12.3 Å². The minimum atomic E-state index is -0.147. The van der Waals surface area contributed by atoms with Crippen molar-refractivity contribution in [2.24, 2.45) is 0 Å². The molecule has 0 radical (unpaired) electrons. The Kier molecular flexibility index (Phi) is 2.22. The summed E-state index contributed by atoms with van der Waals surface area (Å²) < 4.78 is 0. The molecule has 5 nitrogen and oxygen atoms in total. The Morgan fingerprint density at radius 3 is 2.76 bits per heavy atom. The number of para-hydroxylation sites is 2. The first-order valence-electron chi connectivity index (χ1n) is 5.29. The second-order valence-corrected chi connectivity index (χ2v) is 3.76. The molecule has 0 unspecified atom stereocenters. The SMILES string of the molecule is O=c1ccnc(Cc2nc3ccccc3[nH]2)[nH]1. The van der Waals surface area contributed by atoms with Gasteiger partial charge in [-0.2, -0.15) is 0 Å². The highest BCUT2D eigenvalue weighted by Gasteiger charge is 2.04. The van der Waals surface area contributed by atoms with Crippen LogP contribution in [0.3, 0.4) is 0 Å². The van der Waals surface area contributed by atoms with E-state index in [0.717, 1.165) is 16.9 Å². The van der Waals surface area contributed by atoms with E-state index in [1.807, 2.05) is 24.3 Å². The van der Waals surface area contributed by atoms with Crippen molar-refractivity contribution >= 4 is 11.0 Å². The van der Waals surface area contributed by atoms with Crippen molar-refractivity contribution in [3.63, 3.8) is 0 Å². The van der Waals surface area contributed by atoms with Crippen molar-refractivity contribution in [2.75, 3.05) is 0 Å². The average Bonchev–Trinajstić information content (AvgIpc) is 2.71. The predicted molar refractivity (Wildman–Crippen MR) is 63.8 cm³/mol. The van der Waals surface area contributed by atoms with Gasteiger partial charge in [0.25, 0.3) is 5.56 Å². The van der Waals surface area contributed by atoms with Gasteiger partial charge in [-0.3, -0.25) is 4.79 Å². The van der Waals surface area contributed by atoms with Gasteiger partial charge in [0.1, 0.15) is 11.6 Å². The van der Waals surface area contributed by atoms with E-state index >= 15 is 0 Å². The fraction of sp³-hybridized carbons (Fsp3) is 0.0833. The van der Waals surface area contributed by atoms with Crippen molar-refractivity contribution in [2.45, 2.75) is 6.42 Å². The number of hydrogen-bond donors (Lipinski definition) is 2. The molecule has 0 spiro atoms. The molecule has 0 saturated carbocycles. The average molecular weight is 226 g/mol. The van der Waals surface area contributed by atoms with Crippen LogP contribution in [0.4, 0.5) is 0 Å².